The van der Waals surface area contributed by atoms with Crippen LogP contribution >= 0.6 is 23.2 Å². The maximum atomic E-state index is 12.9. The molecule has 0 atom stereocenters. The minimum atomic E-state index is -4.72. The predicted octanol–water partition coefficient (Wildman–Crippen LogP) is 4.07. The number of hydrogen-bond acceptors (Lipinski definition) is 2. The summed E-state index contributed by atoms with van der Waals surface area (Å²) in [7, 11) is 0. The molecule has 0 saturated carbocycles. The molecule has 3 nitrogen and oxygen atoms in total. The van der Waals surface area contributed by atoms with Gasteiger partial charge in [-0.2, -0.15) is 18.4 Å². The number of aromatic nitrogens is 2. The van der Waals surface area contributed by atoms with Crippen LogP contribution in [0.15, 0.2) is 24.5 Å². The van der Waals surface area contributed by atoms with Gasteiger partial charge in [-0.25, -0.2) is 4.98 Å². The number of benzene rings is 1. The zero-order valence-corrected chi connectivity index (χ0v) is 10.6. The van der Waals surface area contributed by atoms with E-state index >= 15 is 0 Å². The summed E-state index contributed by atoms with van der Waals surface area (Å²) in [5.41, 5.74) is -1.83. The quantitative estimate of drug-likeness (QED) is 0.797. The third kappa shape index (κ3) is 2.53. The van der Waals surface area contributed by atoms with Gasteiger partial charge in [0.25, 0.3) is 0 Å². The Morgan fingerprint density at radius 3 is 2.47 bits per heavy atom. The molecule has 98 valence electrons. The van der Waals surface area contributed by atoms with Crippen LogP contribution in [0.2, 0.25) is 10.0 Å². The summed E-state index contributed by atoms with van der Waals surface area (Å²) in [6.45, 7) is 0. The lowest BCUT2D eigenvalue weighted by Crippen LogP contribution is -2.14. The van der Waals surface area contributed by atoms with Gasteiger partial charge >= 0.3 is 6.18 Å². The maximum Gasteiger partial charge on any atom is 0.434 e. The number of halogens is 5. The van der Waals surface area contributed by atoms with E-state index in [9.17, 15) is 13.2 Å². The van der Waals surface area contributed by atoms with Gasteiger partial charge in [-0.15, -0.1) is 0 Å². The van der Waals surface area contributed by atoms with Crippen LogP contribution in [0, 0.1) is 11.3 Å². The van der Waals surface area contributed by atoms with Crippen molar-refractivity contribution in [1.29, 1.82) is 5.26 Å². The Labute approximate surface area is 115 Å². The van der Waals surface area contributed by atoms with Crippen LogP contribution in [0.4, 0.5) is 13.2 Å². The number of hydrogen-bond donors (Lipinski definition) is 0. The summed E-state index contributed by atoms with van der Waals surface area (Å²) in [6, 6.07) is 5.43. The zero-order chi connectivity index (χ0) is 14.2. The van der Waals surface area contributed by atoms with Gasteiger partial charge in [-0.3, -0.25) is 4.57 Å². The Kier molecular flexibility index (Phi) is 3.43. The molecular formula is C11H4Cl2F3N3. The van der Waals surface area contributed by atoms with Crippen LogP contribution in [-0.2, 0) is 6.18 Å². The van der Waals surface area contributed by atoms with Gasteiger partial charge in [-0.05, 0) is 18.2 Å². The lowest BCUT2D eigenvalue weighted by Gasteiger charge is -2.12. The van der Waals surface area contributed by atoms with Gasteiger partial charge in [0.1, 0.15) is 12.4 Å². The molecule has 2 aromatic rings. The highest BCUT2D eigenvalue weighted by atomic mass is 35.5. The molecule has 0 bridgehead atoms. The first-order valence-corrected chi connectivity index (χ1v) is 5.60. The first-order valence-electron chi connectivity index (χ1n) is 4.84. The Hall–Kier alpha value is -1.71. The molecule has 0 aliphatic carbocycles. The zero-order valence-electron chi connectivity index (χ0n) is 9.04. The number of rotatable bonds is 1. The van der Waals surface area contributed by atoms with Crippen molar-refractivity contribution in [2.24, 2.45) is 0 Å². The molecule has 8 heteroatoms. The molecule has 0 saturated heterocycles. The highest BCUT2D eigenvalue weighted by Gasteiger charge is 2.39. The van der Waals surface area contributed by atoms with Crippen molar-refractivity contribution >= 4 is 23.2 Å². The summed E-state index contributed by atoms with van der Waals surface area (Å²) in [5, 5.41) is 9.00. The van der Waals surface area contributed by atoms with Crippen LogP contribution < -0.4 is 0 Å². The van der Waals surface area contributed by atoms with E-state index in [-0.39, 0.29) is 10.7 Å². The van der Waals surface area contributed by atoms with E-state index in [0.29, 0.717) is 5.02 Å². The van der Waals surface area contributed by atoms with Crippen molar-refractivity contribution in [3.05, 3.63) is 46.0 Å². The predicted molar refractivity (Wildman–Crippen MR) is 63.3 cm³/mol. The Morgan fingerprint density at radius 2 is 1.95 bits per heavy atom. The van der Waals surface area contributed by atoms with E-state index in [1.54, 1.807) is 0 Å². The fourth-order valence-electron chi connectivity index (χ4n) is 1.56. The number of nitrogens with zero attached hydrogens (tertiary/aromatic N) is 3. The Balaban J connectivity index is 2.70. The topological polar surface area (TPSA) is 41.6 Å². The van der Waals surface area contributed by atoms with Crippen LogP contribution in [0.1, 0.15) is 11.4 Å². The van der Waals surface area contributed by atoms with E-state index in [2.05, 4.69) is 4.98 Å². The molecule has 1 aromatic carbocycles. The second-order valence-corrected chi connectivity index (χ2v) is 4.36. The normalized spacial score (nSPS) is 11.4. The van der Waals surface area contributed by atoms with Crippen molar-refractivity contribution in [2.45, 2.75) is 6.18 Å². The Bertz CT molecular complexity index is 671. The van der Waals surface area contributed by atoms with Crippen LogP contribution in [0.5, 0.6) is 0 Å². The summed E-state index contributed by atoms with van der Waals surface area (Å²) < 4.78 is 39.6. The standard InChI is InChI=1S/C11H4Cl2F3N3/c12-6-1-2-9(7(13)3-6)19-5-18-8(4-17)10(19)11(14,15)16/h1-3,5H. The van der Waals surface area contributed by atoms with Crippen LogP contribution in [0.25, 0.3) is 5.69 Å². The second-order valence-electron chi connectivity index (χ2n) is 3.52. The van der Waals surface area contributed by atoms with Gasteiger partial charge < -0.3 is 0 Å². The largest absolute Gasteiger partial charge is 0.434 e. The molecule has 0 N–H and O–H groups in total. The summed E-state index contributed by atoms with van der Waals surface area (Å²) in [4.78, 5) is 3.43. The fourth-order valence-corrected chi connectivity index (χ4v) is 2.06. The summed E-state index contributed by atoms with van der Waals surface area (Å²) in [6.07, 6.45) is -3.82. The smallest absolute Gasteiger partial charge is 0.292 e. The van der Waals surface area contributed by atoms with Gasteiger partial charge in [0, 0.05) is 5.02 Å². The molecule has 2 rings (SSSR count). The van der Waals surface area contributed by atoms with Crippen molar-refractivity contribution < 1.29 is 13.2 Å². The van der Waals surface area contributed by atoms with Crippen molar-refractivity contribution in [2.75, 3.05) is 0 Å². The van der Waals surface area contributed by atoms with Crippen molar-refractivity contribution in [3.8, 4) is 11.8 Å². The SMILES string of the molecule is N#Cc1ncn(-c2ccc(Cl)cc2Cl)c1C(F)(F)F. The second kappa shape index (κ2) is 4.76. The van der Waals surface area contributed by atoms with Gasteiger partial charge in [-0.1, -0.05) is 23.2 Å². The third-order valence-electron chi connectivity index (χ3n) is 2.31. The van der Waals surface area contributed by atoms with Crippen LogP contribution in [0.3, 0.4) is 0 Å². The van der Waals surface area contributed by atoms with E-state index in [0.717, 1.165) is 10.9 Å². The average molecular weight is 306 g/mol. The molecule has 0 amide bonds. The first kappa shape index (κ1) is 13.7. The average Bonchev–Trinajstić information content (AvgIpc) is 2.72. The molecule has 0 radical (unpaired) electrons. The van der Waals surface area contributed by atoms with E-state index in [4.69, 9.17) is 28.5 Å². The van der Waals surface area contributed by atoms with Crippen molar-refractivity contribution in [1.82, 2.24) is 9.55 Å². The van der Waals surface area contributed by atoms with Gasteiger partial charge in [0.05, 0.1) is 10.7 Å². The molecule has 19 heavy (non-hydrogen) atoms. The minimum Gasteiger partial charge on any atom is -0.292 e. The lowest BCUT2D eigenvalue weighted by atomic mass is 10.2. The molecular weight excluding hydrogens is 302 g/mol. The highest BCUT2D eigenvalue weighted by Crippen LogP contribution is 2.35. The number of alkyl halides is 3. The van der Waals surface area contributed by atoms with E-state index < -0.39 is 17.6 Å². The first-order chi connectivity index (χ1) is 8.84. The molecule has 0 unspecified atom stereocenters. The Morgan fingerprint density at radius 1 is 1.26 bits per heavy atom. The fraction of sp³-hybridized carbons (Fsp3) is 0.0909. The van der Waals surface area contributed by atoms with Crippen LogP contribution in [-0.4, -0.2) is 9.55 Å². The number of imidazole rings is 1. The molecule has 1 heterocycles. The highest BCUT2D eigenvalue weighted by molar-refractivity contribution is 6.35. The minimum absolute atomic E-state index is 0.0277. The van der Waals surface area contributed by atoms with Gasteiger partial charge in [0.15, 0.2) is 11.4 Å². The lowest BCUT2D eigenvalue weighted by molar-refractivity contribution is -0.142. The summed E-state index contributed by atoms with van der Waals surface area (Å²) in [5.74, 6) is 0. The third-order valence-corrected chi connectivity index (χ3v) is 2.85. The molecule has 0 fully saturated rings. The van der Waals surface area contributed by atoms with Crippen molar-refractivity contribution in [3.63, 3.8) is 0 Å². The summed E-state index contributed by atoms with van der Waals surface area (Å²) >= 11 is 11.5. The van der Waals surface area contributed by atoms with E-state index in [1.165, 1.54) is 24.3 Å². The molecule has 1 aromatic heterocycles. The monoisotopic (exact) mass is 305 g/mol. The van der Waals surface area contributed by atoms with E-state index in [1.807, 2.05) is 0 Å². The number of nitriles is 1. The maximum absolute atomic E-state index is 12.9. The molecule has 0 spiro atoms. The van der Waals surface area contributed by atoms with Gasteiger partial charge in [0.2, 0.25) is 0 Å². The molecule has 0 aliphatic heterocycles. The molecule has 0 aliphatic rings.